The summed E-state index contributed by atoms with van der Waals surface area (Å²) < 4.78 is 4.83. The zero-order valence-corrected chi connectivity index (χ0v) is 35.2. The van der Waals surface area contributed by atoms with Crippen LogP contribution >= 0.6 is 0 Å². The standard InChI is InChI=1S/C58H38N4Si/c1-5-20-39(21-6-1)56-55-47-32-15-18-35-54(47)63(43-26-9-3-10-27-43,44-28-11-4-12-29-44)58(55)60-57(59-56)40-22-19-25-42(36-40)62-51-34-17-14-31-46(51)49-37-52-48(38-53(49)62)45-30-13-16-33-50(45)61(52)41-23-7-2-8-24-41/h1-38H. The lowest BCUT2D eigenvalue weighted by molar-refractivity contribution is 1.16. The number of hydrogen-bond donors (Lipinski definition) is 0. The van der Waals surface area contributed by atoms with Gasteiger partial charge in [0.1, 0.15) is 0 Å². The summed E-state index contributed by atoms with van der Waals surface area (Å²) in [6.45, 7) is 0. The van der Waals surface area contributed by atoms with Gasteiger partial charge in [-0.25, -0.2) is 9.97 Å². The van der Waals surface area contributed by atoms with E-state index in [1.807, 2.05) is 0 Å². The summed E-state index contributed by atoms with van der Waals surface area (Å²) in [5.74, 6) is 0.722. The molecule has 5 heteroatoms. The lowest BCUT2D eigenvalue weighted by atomic mass is 10.0. The molecule has 1 aliphatic rings. The van der Waals surface area contributed by atoms with E-state index < -0.39 is 8.07 Å². The zero-order chi connectivity index (χ0) is 41.5. The van der Waals surface area contributed by atoms with E-state index in [0.29, 0.717) is 0 Å². The van der Waals surface area contributed by atoms with Crippen molar-refractivity contribution in [2.45, 2.75) is 0 Å². The lowest BCUT2D eigenvalue weighted by Crippen LogP contribution is -2.73. The predicted molar refractivity (Wildman–Crippen MR) is 264 cm³/mol. The minimum atomic E-state index is -2.92. The van der Waals surface area contributed by atoms with E-state index in [0.717, 1.165) is 55.9 Å². The molecule has 4 heterocycles. The Morgan fingerprint density at radius 3 is 1.48 bits per heavy atom. The number of hydrogen-bond acceptors (Lipinski definition) is 2. The van der Waals surface area contributed by atoms with Crippen molar-refractivity contribution in [2.75, 3.05) is 0 Å². The maximum Gasteiger partial charge on any atom is 0.203 e. The Morgan fingerprint density at radius 2 is 0.841 bits per heavy atom. The number of rotatable bonds is 6. The maximum absolute atomic E-state index is 5.82. The molecule has 0 N–H and O–H groups in total. The van der Waals surface area contributed by atoms with Crippen molar-refractivity contribution in [1.82, 2.24) is 19.1 Å². The van der Waals surface area contributed by atoms with E-state index in [1.165, 1.54) is 53.7 Å². The molecule has 0 fully saturated rings. The average Bonchev–Trinajstić information content (AvgIpc) is 3.98. The molecule has 294 valence electrons. The highest BCUT2D eigenvalue weighted by Gasteiger charge is 2.51. The summed E-state index contributed by atoms with van der Waals surface area (Å²) >= 11 is 0. The van der Waals surface area contributed by atoms with Crippen LogP contribution in [0.1, 0.15) is 0 Å². The molecular formula is C58H38N4Si. The number of para-hydroxylation sites is 3. The van der Waals surface area contributed by atoms with Crippen LogP contribution < -0.4 is 20.9 Å². The largest absolute Gasteiger partial charge is 0.309 e. The zero-order valence-electron chi connectivity index (χ0n) is 34.2. The molecule has 63 heavy (non-hydrogen) atoms. The van der Waals surface area contributed by atoms with Gasteiger partial charge in [0.05, 0.1) is 33.1 Å². The summed E-state index contributed by atoms with van der Waals surface area (Å²) in [7, 11) is -2.92. The van der Waals surface area contributed by atoms with Gasteiger partial charge in [0, 0.05) is 49.6 Å². The first-order chi connectivity index (χ1) is 31.3. The smallest absolute Gasteiger partial charge is 0.203 e. The number of benzene rings is 9. The van der Waals surface area contributed by atoms with Gasteiger partial charge in [-0.15, -0.1) is 0 Å². The van der Waals surface area contributed by atoms with Gasteiger partial charge < -0.3 is 9.13 Å². The van der Waals surface area contributed by atoms with Gasteiger partial charge in [-0.2, -0.15) is 0 Å². The Morgan fingerprint density at radius 1 is 0.349 bits per heavy atom. The van der Waals surface area contributed by atoms with E-state index in [4.69, 9.17) is 9.97 Å². The predicted octanol–water partition coefficient (Wildman–Crippen LogP) is 11.4. The summed E-state index contributed by atoms with van der Waals surface area (Å²) in [6, 6.07) is 83.7. The first-order valence-electron chi connectivity index (χ1n) is 21.6. The highest BCUT2D eigenvalue weighted by molar-refractivity contribution is 7.21. The first-order valence-corrected chi connectivity index (χ1v) is 23.6. The fraction of sp³-hybridized carbons (Fsp3) is 0. The molecule has 0 radical (unpaired) electrons. The molecule has 0 spiro atoms. The van der Waals surface area contributed by atoms with E-state index in [9.17, 15) is 0 Å². The minimum Gasteiger partial charge on any atom is -0.309 e. The SMILES string of the molecule is c1ccc(-c2nc(-c3cccc(-n4c5ccccc5c5cc6c(cc54)c4ccccc4n6-c4ccccc4)c3)nc3c2-c2ccccc2[Si]3(c2ccccc2)c2ccccc2)cc1. The van der Waals surface area contributed by atoms with Crippen LogP contribution in [-0.2, 0) is 0 Å². The summed E-state index contributed by atoms with van der Waals surface area (Å²) in [5, 5.41) is 9.97. The molecule has 0 amide bonds. The number of nitrogens with zero attached hydrogens (tertiary/aromatic N) is 4. The number of aromatic nitrogens is 4. The Hall–Kier alpha value is -8.12. The van der Waals surface area contributed by atoms with Crippen molar-refractivity contribution in [3.63, 3.8) is 0 Å². The van der Waals surface area contributed by atoms with Crippen LogP contribution in [0.5, 0.6) is 0 Å². The molecule has 13 rings (SSSR count). The normalized spacial score (nSPS) is 12.9. The van der Waals surface area contributed by atoms with Crippen LogP contribution in [0.15, 0.2) is 231 Å². The molecule has 12 aromatic rings. The van der Waals surface area contributed by atoms with E-state index in [-0.39, 0.29) is 0 Å². The van der Waals surface area contributed by atoms with Gasteiger partial charge in [-0.1, -0.05) is 182 Å². The van der Waals surface area contributed by atoms with Crippen molar-refractivity contribution in [3.05, 3.63) is 231 Å². The van der Waals surface area contributed by atoms with Crippen LogP contribution in [0, 0.1) is 0 Å². The molecule has 3 aromatic heterocycles. The molecule has 0 saturated heterocycles. The molecule has 1 aliphatic heterocycles. The van der Waals surface area contributed by atoms with Gasteiger partial charge in [0.2, 0.25) is 8.07 Å². The van der Waals surface area contributed by atoms with Crippen molar-refractivity contribution in [2.24, 2.45) is 0 Å². The second-order valence-electron chi connectivity index (χ2n) is 16.5. The fourth-order valence-electron chi connectivity index (χ4n) is 10.6. The second kappa shape index (κ2) is 14.0. The first kappa shape index (κ1) is 35.6. The van der Waals surface area contributed by atoms with Crippen LogP contribution in [0.2, 0.25) is 0 Å². The summed E-state index contributed by atoms with van der Waals surface area (Å²) in [5.41, 5.74) is 12.3. The highest BCUT2D eigenvalue weighted by Crippen LogP contribution is 2.41. The molecule has 9 aromatic carbocycles. The van der Waals surface area contributed by atoms with Gasteiger partial charge in [-0.3, -0.25) is 0 Å². The van der Waals surface area contributed by atoms with Gasteiger partial charge >= 0.3 is 0 Å². The Kier molecular flexibility index (Phi) is 7.89. The lowest BCUT2D eigenvalue weighted by Gasteiger charge is -2.30. The monoisotopic (exact) mass is 818 g/mol. The van der Waals surface area contributed by atoms with Crippen molar-refractivity contribution < 1.29 is 0 Å². The van der Waals surface area contributed by atoms with E-state index in [2.05, 4.69) is 240 Å². The van der Waals surface area contributed by atoms with Crippen LogP contribution in [0.4, 0.5) is 0 Å². The van der Waals surface area contributed by atoms with Gasteiger partial charge in [-0.05, 0) is 69.7 Å². The van der Waals surface area contributed by atoms with Crippen LogP contribution in [-0.4, -0.2) is 27.2 Å². The van der Waals surface area contributed by atoms with Crippen LogP contribution in [0.25, 0.3) is 88.8 Å². The van der Waals surface area contributed by atoms with Crippen molar-refractivity contribution >= 4 is 72.6 Å². The maximum atomic E-state index is 5.82. The highest BCUT2D eigenvalue weighted by atomic mass is 28.3. The summed E-state index contributed by atoms with van der Waals surface area (Å²) in [6.07, 6.45) is 0. The topological polar surface area (TPSA) is 35.6 Å². The molecule has 0 aliphatic carbocycles. The molecule has 0 unspecified atom stereocenters. The molecule has 4 nitrogen and oxygen atoms in total. The number of fused-ring (bicyclic) bond motifs is 9. The fourth-order valence-corrected chi connectivity index (χ4v) is 15.6. The minimum absolute atomic E-state index is 0.722. The Bertz CT molecular complexity index is 3690. The Labute approximate surface area is 365 Å². The summed E-state index contributed by atoms with van der Waals surface area (Å²) in [4.78, 5) is 11.4. The van der Waals surface area contributed by atoms with Crippen molar-refractivity contribution in [1.29, 1.82) is 0 Å². The molecule has 0 bridgehead atoms. The second-order valence-corrected chi connectivity index (χ2v) is 20.2. The average molecular weight is 819 g/mol. The third-order valence-electron chi connectivity index (χ3n) is 13.2. The van der Waals surface area contributed by atoms with Crippen molar-refractivity contribution in [3.8, 4) is 45.1 Å². The van der Waals surface area contributed by atoms with E-state index >= 15 is 0 Å². The quantitative estimate of drug-likeness (QED) is 0.157. The molecular weight excluding hydrogens is 781 g/mol. The molecule has 0 atom stereocenters. The third-order valence-corrected chi connectivity index (χ3v) is 17.9. The van der Waals surface area contributed by atoms with Gasteiger partial charge in [0.25, 0.3) is 0 Å². The third kappa shape index (κ3) is 5.21. The Balaban J connectivity index is 1.08. The van der Waals surface area contributed by atoms with Crippen LogP contribution in [0.3, 0.4) is 0 Å². The van der Waals surface area contributed by atoms with Gasteiger partial charge in [0.15, 0.2) is 5.82 Å². The molecule has 0 saturated carbocycles. The van der Waals surface area contributed by atoms with E-state index in [1.54, 1.807) is 0 Å².